The van der Waals surface area contributed by atoms with Gasteiger partial charge in [0.05, 0.1) is 29.7 Å². The SMILES string of the molecule is COCC(=O)Nc1ccc(C)c2nc(-c3cccc(OC)n3)cc(C)c12. The van der Waals surface area contributed by atoms with E-state index in [0.717, 1.165) is 39.1 Å². The molecule has 2 aromatic heterocycles. The van der Waals surface area contributed by atoms with E-state index in [1.807, 2.05) is 44.2 Å². The van der Waals surface area contributed by atoms with Gasteiger partial charge in [0.2, 0.25) is 11.8 Å². The van der Waals surface area contributed by atoms with E-state index in [4.69, 9.17) is 14.5 Å². The first-order valence-electron chi connectivity index (χ1n) is 8.24. The quantitative estimate of drug-likeness (QED) is 0.761. The highest BCUT2D eigenvalue weighted by Gasteiger charge is 2.13. The molecular weight excluding hydrogens is 330 g/mol. The van der Waals surface area contributed by atoms with Crippen LogP contribution in [-0.4, -0.2) is 36.7 Å². The van der Waals surface area contributed by atoms with E-state index in [9.17, 15) is 4.79 Å². The third-order valence-corrected chi connectivity index (χ3v) is 4.10. The predicted octanol–water partition coefficient (Wildman–Crippen LogP) is 3.51. The van der Waals surface area contributed by atoms with Crippen LogP contribution < -0.4 is 10.1 Å². The van der Waals surface area contributed by atoms with Gasteiger partial charge in [-0.05, 0) is 43.2 Å². The number of carbonyl (C=O) groups excluding carboxylic acids is 1. The Kier molecular flexibility index (Phi) is 5.14. The lowest BCUT2D eigenvalue weighted by Crippen LogP contribution is -2.17. The minimum absolute atomic E-state index is 0.00760. The van der Waals surface area contributed by atoms with E-state index in [1.165, 1.54) is 7.11 Å². The third kappa shape index (κ3) is 3.50. The number of aryl methyl sites for hydroxylation is 2. The van der Waals surface area contributed by atoms with Crippen LogP contribution in [0.3, 0.4) is 0 Å². The Morgan fingerprint density at radius 2 is 1.85 bits per heavy atom. The maximum Gasteiger partial charge on any atom is 0.250 e. The predicted molar refractivity (Wildman–Crippen MR) is 102 cm³/mol. The fourth-order valence-corrected chi connectivity index (χ4v) is 2.89. The summed E-state index contributed by atoms with van der Waals surface area (Å²) in [5.74, 6) is 0.343. The Morgan fingerprint density at radius 1 is 1.04 bits per heavy atom. The van der Waals surface area contributed by atoms with Gasteiger partial charge in [-0.25, -0.2) is 9.97 Å². The smallest absolute Gasteiger partial charge is 0.250 e. The van der Waals surface area contributed by atoms with Crippen LogP contribution >= 0.6 is 0 Å². The lowest BCUT2D eigenvalue weighted by molar-refractivity contribution is -0.119. The van der Waals surface area contributed by atoms with Crippen molar-refractivity contribution < 1.29 is 14.3 Å². The minimum atomic E-state index is -0.199. The molecule has 0 unspecified atom stereocenters. The van der Waals surface area contributed by atoms with Gasteiger partial charge in [-0.15, -0.1) is 0 Å². The van der Waals surface area contributed by atoms with Crippen molar-refractivity contribution in [2.75, 3.05) is 26.1 Å². The molecule has 2 heterocycles. The summed E-state index contributed by atoms with van der Waals surface area (Å²) < 4.78 is 10.1. The molecule has 0 bridgehead atoms. The number of fused-ring (bicyclic) bond motifs is 1. The van der Waals surface area contributed by atoms with E-state index in [1.54, 1.807) is 13.2 Å². The molecule has 0 aliphatic carbocycles. The molecule has 6 nitrogen and oxygen atoms in total. The largest absolute Gasteiger partial charge is 0.481 e. The van der Waals surface area contributed by atoms with Gasteiger partial charge in [0.15, 0.2) is 0 Å². The molecule has 0 saturated carbocycles. The van der Waals surface area contributed by atoms with Crippen molar-refractivity contribution in [3.8, 4) is 17.3 Å². The van der Waals surface area contributed by atoms with Crippen molar-refractivity contribution in [2.24, 2.45) is 0 Å². The van der Waals surface area contributed by atoms with E-state index in [-0.39, 0.29) is 12.5 Å². The number of nitrogens with one attached hydrogen (secondary N) is 1. The average molecular weight is 351 g/mol. The molecule has 0 aliphatic rings. The molecule has 26 heavy (non-hydrogen) atoms. The Hall–Kier alpha value is -2.99. The summed E-state index contributed by atoms with van der Waals surface area (Å²) in [5.41, 5.74) is 5.09. The summed E-state index contributed by atoms with van der Waals surface area (Å²) in [5, 5.41) is 3.81. The molecule has 0 saturated heterocycles. The molecule has 0 atom stereocenters. The summed E-state index contributed by atoms with van der Waals surface area (Å²) in [6.07, 6.45) is 0. The normalized spacial score (nSPS) is 10.8. The fraction of sp³-hybridized carbons (Fsp3) is 0.250. The fourth-order valence-electron chi connectivity index (χ4n) is 2.89. The summed E-state index contributed by atoms with van der Waals surface area (Å²) >= 11 is 0. The molecule has 3 aromatic rings. The number of aromatic nitrogens is 2. The molecule has 3 rings (SSSR count). The second-order valence-electron chi connectivity index (χ2n) is 6.02. The van der Waals surface area contributed by atoms with E-state index in [0.29, 0.717) is 5.88 Å². The number of benzene rings is 1. The number of hydrogen-bond acceptors (Lipinski definition) is 5. The van der Waals surface area contributed by atoms with Gasteiger partial charge in [-0.2, -0.15) is 0 Å². The summed E-state index contributed by atoms with van der Waals surface area (Å²) in [6, 6.07) is 11.4. The monoisotopic (exact) mass is 351 g/mol. The van der Waals surface area contributed by atoms with Crippen LogP contribution in [0.4, 0.5) is 5.69 Å². The van der Waals surface area contributed by atoms with Gasteiger partial charge in [-0.1, -0.05) is 12.1 Å². The highest BCUT2D eigenvalue weighted by Crippen LogP contribution is 2.31. The molecule has 0 aliphatic heterocycles. The first-order valence-corrected chi connectivity index (χ1v) is 8.24. The minimum Gasteiger partial charge on any atom is -0.481 e. The Labute approximate surface area is 152 Å². The van der Waals surface area contributed by atoms with Crippen molar-refractivity contribution in [1.82, 2.24) is 9.97 Å². The van der Waals surface area contributed by atoms with Crippen molar-refractivity contribution in [1.29, 1.82) is 0 Å². The second kappa shape index (κ2) is 7.49. The molecule has 0 radical (unpaired) electrons. The number of pyridine rings is 2. The number of methoxy groups -OCH3 is 2. The zero-order valence-corrected chi connectivity index (χ0v) is 15.3. The van der Waals surface area contributed by atoms with Crippen LogP contribution in [0.1, 0.15) is 11.1 Å². The van der Waals surface area contributed by atoms with E-state index in [2.05, 4.69) is 10.3 Å². The average Bonchev–Trinajstić information content (AvgIpc) is 2.64. The lowest BCUT2D eigenvalue weighted by atomic mass is 10.0. The molecule has 134 valence electrons. The third-order valence-electron chi connectivity index (χ3n) is 4.10. The van der Waals surface area contributed by atoms with Crippen LogP contribution in [0.15, 0.2) is 36.4 Å². The topological polar surface area (TPSA) is 73.3 Å². The van der Waals surface area contributed by atoms with Gasteiger partial charge in [0.25, 0.3) is 0 Å². The number of anilines is 1. The van der Waals surface area contributed by atoms with Gasteiger partial charge < -0.3 is 14.8 Å². The second-order valence-corrected chi connectivity index (χ2v) is 6.02. The van der Waals surface area contributed by atoms with E-state index >= 15 is 0 Å². The first-order chi connectivity index (χ1) is 12.5. The molecule has 0 fully saturated rings. The number of ether oxygens (including phenoxy) is 2. The van der Waals surface area contributed by atoms with E-state index < -0.39 is 0 Å². The van der Waals surface area contributed by atoms with Crippen molar-refractivity contribution in [3.05, 3.63) is 47.5 Å². The van der Waals surface area contributed by atoms with Crippen molar-refractivity contribution in [3.63, 3.8) is 0 Å². The van der Waals surface area contributed by atoms with Crippen LogP contribution in [0.5, 0.6) is 5.88 Å². The van der Waals surface area contributed by atoms with Gasteiger partial charge in [0.1, 0.15) is 6.61 Å². The van der Waals surface area contributed by atoms with Crippen LogP contribution in [0.25, 0.3) is 22.3 Å². The molecular formula is C20H21N3O3. The standard InChI is InChI=1S/C20H21N3O3/c1-12-8-9-15(21-17(24)11-25-3)19-13(2)10-16(23-20(12)19)14-6-5-7-18(22-14)26-4/h5-10H,11H2,1-4H3,(H,21,24). The number of amides is 1. The van der Waals surface area contributed by atoms with Gasteiger partial charge in [-0.3, -0.25) is 4.79 Å². The maximum absolute atomic E-state index is 11.9. The van der Waals surface area contributed by atoms with Crippen LogP contribution in [0.2, 0.25) is 0 Å². The number of carbonyl (C=O) groups is 1. The maximum atomic E-state index is 11.9. The lowest BCUT2D eigenvalue weighted by Gasteiger charge is -2.14. The molecule has 1 amide bonds. The van der Waals surface area contributed by atoms with Crippen molar-refractivity contribution >= 4 is 22.5 Å². The number of hydrogen-bond donors (Lipinski definition) is 1. The van der Waals surface area contributed by atoms with Crippen LogP contribution in [-0.2, 0) is 9.53 Å². The molecule has 1 aromatic carbocycles. The van der Waals surface area contributed by atoms with Gasteiger partial charge >= 0.3 is 0 Å². The highest BCUT2D eigenvalue weighted by molar-refractivity contribution is 6.04. The summed E-state index contributed by atoms with van der Waals surface area (Å²) in [7, 11) is 3.08. The molecule has 0 spiro atoms. The zero-order chi connectivity index (χ0) is 18.7. The number of rotatable bonds is 5. The van der Waals surface area contributed by atoms with Crippen LogP contribution in [0, 0.1) is 13.8 Å². The first kappa shape index (κ1) is 17.8. The Balaban J connectivity index is 2.13. The highest BCUT2D eigenvalue weighted by atomic mass is 16.5. The number of nitrogens with zero attached hydrogens (tertiary/aromatic N) is 2. The Bertz CT molecular complexity index is 970. The summed E-state index contributed by atoms with van der Waals surface area (Å²) in [6.45, 7) is 4.01. The zero-order valence-electron chi connectivity index (χ0n) is 15.3. The summed E-state index contributed by atoms with van der Waals surface area (Å²) in [4.78, 5) is 21.2. The molecule has 1 N–H and O–H groups in total. The Morgan fingerprint density at radius 3 is 2.58 bits per heavy atom. The molecule has 6 heteroatoms. The van der Waals surface area contributed by atoms with Crippen molar-refractivity contribution in [2.45, 2.75) is 13.8 Å². The van der Waals surface area contributed by atoms with Gasteiger partial charge in [0, 0.05) is 18.6 Å².